The molecular weight excluding hydrogens is 376 g/mol. The Hall–Kier alpha value is -1.59. The van der Waals surface area contributed by atoms with E-state index in [0.717, 1.165) is 63.5 Å². The molecule has 0 bridgehead atoms. The van der Waals surface area contributed by atoms with Crippen LogP contribution in [-0.4, -0.2) is 57.5 Å². The Kier molecular flexibility index (Phi) is 5.41. The molecule has 3 aliphatic rings. The molecule has 28 heavy (non-hydrogen) atoms. The average molecular weight is 405 g/mol. The molecule has 2 saturated heterocycles. The molecule has 5 nitrogen and oxygen atoms in total. The van der Waals surface area contributed by atoms with Gasteiger partial charge in [0.2, 0.25) is 5.91 Å². The van der Waals surface area contributed by atoms with Gasteiger partial charge in [0, 0.05) is 29.7 Å². The lowest BCUT2D eigenvalue weighted by molar-refractivity contribution is -0.149. The molecule has 4 rings (SSSR count). The standard InChI is InChI=1S/C22H29ClN2O3/c1-15-18(5-2-6-19(15)23)20(27)25-14-4-12-22(25)11-3-13-24(21(22)28)16-7-9-17(26)10-8-16/h2,5-6,16-17,26H,3-4,7-14H2,1H3. The van der Waals surface area contributed by atoms with Gasteiger partial charge in [-0.2, -0.15) is 0 Å². The fraction of sp³-hybridized carbons (Fsp3) is 0.636. The topological polar surface area (TPSA) is 60.9 Å². The first kappa shape index (κ1) is 19.7. The van der Waals surface area contributed by atoms with Gasteiger partial charge in [0.05, 0.1) is 6.10 Å². The van der Waals surface area contributed by atoms with E-state index in [9.17, 15) is 14.7 Å². The highest BCUT2D eigenvalue weighted by Gasteiger charge is 2.54. The maximum atomic E-state index is 13.7. The number of carbonyl (C=O) groups is 2. The van der Waals surface area contributed by atoms with Crippen molar-refractivity contribution in [3.05, 3.63) is 34.3 Å². The minimum atomic E-state index is -0.708. The molecule has 1 N–H and O–H groups in total. The molecule has 2 heterocycles. The Bertz CT molecular complexity index is 775. The molecule has 1 aromatic carbocycles. The minimum Gasteiger partial charge on any atom is -0.393 e. The number of aliphatic hydroxyl groups is 1. The van der Waals surface area contributed by atoms with Crippen LogP contribution in [0.3, 0.4) is 0 Å². The van der Waals surface area contributed by atoms with E-state index in [4.69, 9.17) is 11.6 Å². The summed E-state index contributed by atoms with van der Waals surface area (Å²) >= 11 is 6.24. The van der Waals surface area contributed by atoms with Gasteiger partial charge >= 0.3 is 0 Å². The first-order valence-corrected chi connectivity index (χ1v) is 10.9. The van der Waals surface area contributed by atoms with Gasteiger partial charge in [-0.3, -0.25) is 9.59 Å². The van der Waals surface area contributed by atoms with Gasteiger partial charge in [-0.15, -0.1) is 0 Å². The molecular formula is C22H29ClN2O3. The monoisotopic (exact) mass is 404 g/mol. The molecule has 1 aliphatic carbocycles. The summed E-state index contributed by atoms with van der Waals surface area (Å²) in [5.74, 6) is 0.0393. The smallest absolute Gasteiger partial charge is 0.255 e. The maximum absolute atomic E-state index is 13.7. The summed E-state index contributed by atoms with van der Waals surface area (Å²) in [6.07, 6.45) is 6.23. The average Bonchev–Trinajstić information content (AvgIpc) is 3.11. The highest BCUT2D eigenvalue weighted by atomic mass is 35.5. The Balaban J connectivity index is 1.61. The number of rotatable bonds is 2. The van der Waals surface area contributed by atoms with Crippen LogP contribution in [0.2, 0.25) is 5.02 Å². The third-order valence-electron chi connectivity index (χ3n) is 6.99. The van der Waals surface area contributed by atoms with Gasteiger partial charge in [0.15, 0.2) is 0 Å². The summed E-state index contributed by atoms with van der Waals surface area (Å²) in [4.78, 5) is 31.0. The Morgan fingerprint density at radius 2 is 1.82 bits per heavy atom. The second kappa shape index (κ2) is 7.68. The van der Waals surface area contributed by atoms with Crippen LogP contribution in [0.5, 0.6) is 0 Å². The van der Waals surface area contributed by atoms with Crippen molar-refractivity contribution in [3.63, 3.8) is 0 Å². The van der Waals surface area contributed by atoms with Crippen LogP contribution in [0.1, 0.15) is 67.3 Å². The van der Waals surface area contributed by atoms with Crippen LogP contribution in [-0.2, 0) is 4.79 Å². The molecule has 2 aliphatic heterocycles. The molecule has 0 radical (unpaired) electrons. The molecule has 1 unspecified atom stereocenters. The van der Waals surface area contributed by atoms with Crippen LogP contribution in [0.25, 0.3) is 0 Å². The van der Waals surface area contributed by atoms with Crippen molar-refractivity contribution in [2.24, 2.45) is 0 Å². The SMILES string of the molecule is Cc1c(Cl)cccc1C(=O)N1CCCC12CCCN(C1CCC(O)CC1)C2=O. The number of hydrogen-bond donors (Lipinski definition) is 1. The molecule has 1 saturated carbocycles. The zero-order chi connectivity index (χ0) is 19.9. The lowest BCUT2D eigenvalue weighted by Crippen LogP contribution is -2.63. The van der Waals surface area contributed by atoms with Crippen molar-refractivity contribution < 1.29 is 14.7 Å². The Morgan fingerprint density at radius 3 is 2.54 bits per heavy atom. The number of nitrogens with zero attached hydrogens (tertiary/aromatic N) is 2. The number of hydrogen-bond acceptors (Lipinski definition) is 3. The van der Waals surface area contributed by atoms with Gasteiger partial charge in [-0.1, -0.05) is 17.7 Å². The van der Waals surface area contributed by atoms with E-state index in [2.05, 4.69) is 0 Å². The quantitative estimate of drug-likeness (QED) is 0.819. The molecule has 2 amide bonds. The van der Waals surface area contributed by atoms with E-state index in [1.807, 2.05) is 22.8 Å². The first-order chi connectivity index (χ1) is 13.4. The second-order valence-electron chi connectivity index (χ2n) is 8.57. The molecule has 1 atom stereocenters. The van der Waals surface area contributed by atoms with Gasteiger partial charge in [-0.05, 0) is 76.0 Å². The van der Waals surface area contributed by atoms with E-state index < -0.39 is 5.54 Å². The Morgan fingerprint density at radius 1 is 1.14 bits per heavy atom. The van der Waals surface area contributed by atoms with Gasteiger partial charge in [0.1, 0.15) is 5.54 Å². The molecule has 1 aromatic rings. The maximum Gasteiger partial charge on any atom is 0.255 e. The number of piperidine rings is 1. The van der Waals surface area contributed by atoms with Crippen molar-refractivity contribution >= 4 is 23.4 Å². The number of likely N-dealkylation sites (tertiary alicyclic amines) is 2. The normalized spacial score (nSPS) is 30.9. The Labute approximate surface area is 171 Å². The lowest BCUT2D eigenvalue weighted by atomic mass is 9.82. The van der Waals surface area contributed by atoms with E-state index in [1.165, 1.54) is 0 Å². The van der Waals surface area contributed by atoms with E-state index in [0.29, 0.717) is 17.1 Å². The fourth-order valence-electron chi connectivity index (χ4n) is 5.38. The fourth-order valence-corrected chi connectivity index (χ4v) is 5.55. The predicted octanol–water partition coefficient (Wildman–Crippen LogP) is 3.55. The van der Waals surface area contributed by atoms with Crippen molar-refractivity contribution in [1.82, 2.24) is 9.80 Å². The van der Waals surface area contributed by atoms with Gasteiger partial charge < -0.3 is 14.9 Å². The zero-order valence-electron chi connectivity index (χ0n) is 16.5. The number of benzene rings is 1. The van der Waals surface area contributed by atoms with Crippen LogP contribution >= 0.6 is 11.6 Å². The van der Waals surface area contributed by atoms with Crippen LogP contribution in [0, 0.1) is 6.92 Å². The van der Waals surface area contributed by atoms with Crippen molar-refractivity contribution in [3.8, 4) is 0 Å². The predicted molar refractivity (Wildman–Crippen MR) is 108 cm³/mol. The number of aliphatic hydroxyl groups excluding tert-OH is 1. The van der Waals surface area contributed by atoms with E-state index >= 15 is 0 Å². The highest BCUT2D eigenvalue weighted by molar-refractivity contribution is 6.31. The summed E-state index contributed by atoms with van der Waals surface area (Å²) in [5.41, 5.74) is 0.664. The number of amides is 2. The zero-order valence-corrected chi connectivity index (χ0v) is 17.2. The van der Waals surface area contributed by atoms with Crippen LogP contribution in [0.15, 0.2) is 18.2 Å². The summed E-state index contributed by atoms with van der Waals surface area (Å²) < 4.78 is 0. The van der Waals surface area contributed by atoms with Crippen molar-refractivity contribution in [2.75, 3.05) is 13.1 Å². The summed E-state index contributed by atoms with van der Waals surface area (Å²) in [6.45, 7) is 3.24. The molecule has 6 heteroatoms. The van der Waals surface area contributed by atoms with E-state index in [1.54, 1.807) is 12.1 Å². The van der Waals surface area contributed by atoms with Gasteiger partial charge in [0.25, 0.3) is 5.91 Å². The number of halogens is 1. The molecule has 1 spiro atoms. The van der Waals surface area contributed by atoms with Gasteiger partial charge in [-0.25, -0.2) is 0 Å². The van der Waals surface area contributed by atoms with E-state index in [-0.39, 0.29) is 24.0 Å². The molecule has 3 fully saturated rings. The largest absolute Gasteiger partial charge is 0.393 e. The first-order valence-electron chi connectivity index (χ1n) is 10.5. The second-order valence-corrected chi connectivity index (χ2v) is 8.98. The highest BCUT2D eigenvalue weighted by Crippen LogP contribution is 2.41. The summed E-state index contributed by atoms with van der Waals surface area (Å²) in [5, 5.41) is 10.4. The summed E-state index contributed by atoms with van der Waals surface area (Å²) in [7, 11) is 0. The number of carbonyl (C=O) groups excluding carboxylic acids is 2. The van der Waals surface area contributed by atoms with Crippen LogP contribution in [0.4, 0.5) is 0 Å². The van der Waals surface area contributed by atoms with Crippen molar-refractivity contribution in [1.29, 1.82) is 0 Å². The van der Waals surface area contributed by atoms with Crippen molar-refractivity contribution in [2.45, 2.75) is 76.0 Å². The third kappa shape index (κ3) is 3.22. The third-order valence-corrected chi connectivity index (χ3v) is 7.40. The lowest BCUT2D eigenvalue weighted by Gasteiger charge is -2.48. The minimum absolute atomic E-state index is 0.0771. The summed E-state index contributed by atoms with van der Waals surface area (Å²) in [6, 6.07) is 5.59. The molecule has 0 aromatic heterocycles. The molecule has 152 valence electrons. The van der Waals surface area contributed by atoms with Crippen LogP contribution < -0.4 is 0 Å².